The Morgan fingerprint density at radius 3 is 2.72 bits per heavy atom. The molecular weight excluding hydrogens is 425 g/mol. The molecule has 1 aliphatic heterocycles. The monoisotopic (exact) mass is 457 g/mol. The van der Waals surface area contributed by atoms with E-state index < -0.39 is 0 Å². The molecule has 1 aromatic carbocycles. The highest BCUT2D eigenvalue weighted by Crippen LogP contribution is 2.51. The predicted molar refractivity (Wildman–Crippen MR) is 115 cm³/mol. The Labute approximate surface area is 169 Å². The van der Waals surface area contributed by atoms with E-state index in [2.05, 4.69) is 67.6 Å². The third-order valence-corrected chi connectivity index (χ3v) is 5.86. The number of hydrogen-bond donors (Lipinski definition) is 2. The summed E-state index contributed by atoms with van der Waals surface area (Å²) in [7, 11) is 1.85. The summed E-state index contributed by atoms with van der Waals surface area (Å²) < 4.78 is 6.00. The van der Waals surface area contributed by atoms with Gasteiger partial charge in [-0.2, -0.15) is 0 Å². The van der Waals surface area contributed by atoms with E-state index in [9.17, 15) is 0 Å². The molecule has 1 aromatic rings. The maximum atomic E-state index is 6.00. The number of aliphatic imine (C=N–C) groups is 1. The van der Waals surface area contributed by atoms with Gasteiger partial charge in [-0.05, 0) is 37.8 Å². The van der Waals surface area contributed by atoms with Crippen molar-refractivity contribution in [1.82, 2.24) is 10.6 Å². The van der Waals surface area contributed by atoms with Crippen molar-refractivity contribution in [3.8, 4) is 0 Å². The van der Waals surface area contributed by atoms with Gasteiger partial charge in [0.25, 0.3) is 0 Å². The minimum absolute atomic E-state index is 0. The number of benzene rings is 1. The summed E-state index contributed by atoms with van der Waals surface area (Å²) in [5.41, 5.74) is 2.76. The zero-order valence-electron chi connectivity index (χ0n) is 16.0. The Morgan fingerprint density at radius 1 is 1.32 bits per heavy atom. The molecule has 1 saturated carbocycles. The first-order valence-corrected chi connectivity index (χ1v) is 9.12. The van der Waals surface area contributed by atoms with Crippen LogP contribution >= 0.6 is 24.0 Å². The summed E-state index contributed by atoms with van der Waals surface area (Å²) in [6, 6.07) is 9.15. The van der Waals surface area contributed by atoms with Gasteiger partial charge in [0.2, 0.25) is 0 Å². The van der Waals surface area contributed by atoms with Crippen molar-refractivity contribution in [3.63, 3.8) is 0 Å². The molecule has 4 unspecified atom stereocenters. The molecule has 2 fully saturated rings. The number of fused-ring (bicyclic) bond motifs is 1. The van der Waals surface area contributed by atoms with Gasteiger partial charge in [-0.25, -0.2) is 0 Å². The highest BCUT2D eigenvalue weighted by atomic mass is 127. The van der Waals surface area contributed by atoms with Gasteiger partial charge in [0.15, 0.2) is 5.96 Å². The van der Waals surface area contributed by atoms with E-state index in [1.807, 2.05) is 7.05 Å². The molecule has 140 valence electrons. The van der Waals surface area contributed by atoms with Crippen molar-refractivity contribution in [2.24, 2.45) is 16.3 Å². The van der Waals surface area contributed by atoms with E-state index in [1.165, 1.54) is 24.0 Å². The number of aryl methyl sites for hydroxylation is 1. The van der Waals surface area contributed by atoms with Crippen LogP contribution in [0.15, 0.2) is 29.3 Å². The van der Waals surface area contributed by atoms with Crippen LogP contribution in [-0.2, 0) is 4.74 Å². The number of halogens is 1. The molecule has 0 bridgehead atoms. The number of rotatable bonds is 3. The Morgan fingerprint density at radius 2 is 2.04 bits per heavy atom. The van der Waals surface area contributed by atoms with Gasteiger partial charge in [0, 0.05) is 31.0 Å². The van der Waals surface area contributed by atoms with Crippen molar-refractivity contribution in [1.29, 1.82) is 0 Å². The molecule has 1 aliphatic carbocycles. The second kappa shape index (κ2) is 8.25. The van der Waals surface area contributed by atoms with Crippen LogP contribution in [0.3, 0.4) is 0 Å². The number of nitrogens with zero attached hydrogens (tertiary/aromatic N) is 1. The molecule has 1 saturated heterocycles. The predicted octanol–water partition coefficient (Wildman–Crippen LogP) is 4.04. The van der Waals surface area contributed by atoms with Gasteiger partial charge in [0.05, 0.1) is 12.1 Å². The molecule has 4 nitrogen and oxygen atoms in total. The highest BCUT2D eigenvalue weighted by molar-refractivity contribution is 14.0. The first kappa shape index (κ1) is 20.5. The Hall–Kier alpha value is -0.820. The normalized spacial score (nSPS) is 28.8. The van der Waals surface area contributed by atoms with Crippen LogP contribution in [-0.4, -0.2) is 31.8 Å². The molecule has 2 aliphatic rings. The molecule has 0 spiro atoms. The maximum absolute atomic E-state index is 6.00. The van der Waals surface area contributed by atoms with Gasteiger partial charge in [-0.15, -0.1) is 24.0 Å². The highest BCUT2D eigenvalue weighted by Gasteiger charge is 2.58. The molecule has 3 rings (SSSR count). The van der Waals surface area contributed by atoms with Crippen molar-refractivity contribution in [3.05, 3.63) is 35.4 Å². The Kier molecular flexibility index (Phi) is 6.76. The van der Waals surface area contributed by atoms with Crippen LogP contribution in [0.2, 0.25) is 0 Å². The largest absolute Gasteiger partial charge is 0.377 e. The zero-order chi connectivity index (χ0) is 17.3. The molecule has 0 aromatic heterocycles. The SMILES string of the molecule is CN=C(NC(C)c1ccccc1C)NC1C2CCCOC2C1(C)C.I. The third kappa shape index (κ3) is 3.97. The lowest BCUT2D eigenvalue weighted by molar-refractivity contribution is -0.188. The van der Waals surface area contributed by atoms with Gasteiger partial charge >= 0.3 is 0 Å². The fourth-order valence-corrected chi connectivity index (χ4v) is 4.49. The van der Waals surface area contributed by atoms with Crippen molar-refractivity contribution in [2.45, 2.75) is 58.7 Å². The van der Waals surface area contributed by atoms with Gasteiger partial charge in [0.1, 0.15) is 0 Å². The summed E-state index contributed by atoms with van der Waals surface area (Å²) in [6.45, 7) is 9.86. The van der Waals surface area contributed by atoms with Crippen molar-refractivity contribution < 1.29 is 4.74 Å². The van der Waals surface area contributed by atoms with E-state index >= 15 is 0 Å². The van der Waals surface area contributed by atoms with Crippen molar-refractivity contribution >= 4 is 29.9 Å². The zero-order valence-corrected chi connectivity index (χ0v) is 18.3. The fourth-order valence-electron chi connectivity index (χ4n) is 4.49. The minimum Gasteiger partial charge on any atom is -0.377 e. The van der Waals surface area contributed by atoms with Crippen LogP contribution in [0, 0.1) is 18.3 Å². The Bertz CT molecular complexity index is 617. The second-order valence-corrected chi connectivity index (χ2v) is 7.84. The summed E-state index contributed by atoms with van der Waals surface area (Å²) in [6.07, 6.45) is 2.80. The average Bonchev–Trinajstić information content (AvgIpc) is 2.58. The summed E-state index contributed by atoms with van der Waals surface area (Å²) in [5.74, 6) is 1.48. The number of guanidine groups is 1. The van der Waals surface area contributed by atoms with Gasteiger partial charge < -0.3 is 15.4 Å². The summed E-state index contributed by atoms with van der Waals surface area (Å²) in [4.78, 5) is 4.46. The van der Waals surface area contributed by atoms with Gasteiger partial charge in [-0.1, -0.05) is 38.1 Å². The van der Waals surface area contributed by atoms with Crippen LogP contribution in [0.25, 0.3) is 0 Å². The molecule has 0 amide bonds. The summed E-state index contributed by atoms with van der Waals surface area (Å²) in [5, 5.41) is 7.23. The smallest absolute Gasteiger partial charge is 0.191 e. The van der Waals surface area contributed by atoms with Crippen LogP contribution in [0.1, 0.15) is 50.8 Å². The lowest BCUT2D eigenvalue weighted by atomic mass is 9.55. The number of ether oxygens (including phenoxy) is 1. The minimum atomic E-state index is 0. The van der Waals surface area contributed by atoms with Crippen LogP contribution in [0.4, 0.5) is 0 Å². The summed E-state index contributed by atoms with van der Waals surface area (Å²) >= 11 is 0. The lowest BCUT2D eigenvalue weighted by Crippen LogP contribution is -2.71. The van der Waals surface area contributed by atoms with Crippen LogP contribution in [0.5, 0.6) is 0 Å². The number of nitrogens with one attached hydrogen (secondary N) is 2. The third-order valence-electron chi connectivity index (χ3n) is 5.86. The van der Waals surface area contributed by atoms with Crippen molar-refractivity contribution in [2.75, 3.05) is 13.7 Å². The topological polar surface area (TPSA) is 45.7 Å². The quantitative estimate of drug-likeness (QED) is 0.409. The molecule has 25 heavy (non-hydrogen) atoms. The van der Waals surface area contributed by atoms with E-state index in [1.54, 1.807) is 0 Å². The molecule has 4 atom stereocenters. The van der Waals surface area contributed by atoms with E-state index in [0.717, 1.165) is 12.6 Å². The molecule has 1 heterocycles. The maximum Gasteiger partial charge on any atom is 0.191 e. The first-order valence-electron chi connectivity index (χ1n) is 9.12. The molecule has 5 heteroatoms. The standard InChI is InChI=1S/C20H31N3O.HI/c1-13-9-6-7-10-15(13)14(2)22-19(21-5)23-17-16-11-8-12-24-18(16)20(17,3)4;/h6-7,9-10,14,16-18H,8,11-12H2,1-5H3,(H2,21,22,23);1H. The fraction of sp³-hybridized carbons (Fsp3) is 0.650. The second-order valence-electron chi connectivity index (χ2n) is 7.84. The van der Waals surface area contributed by atoms with E-state index in [4.69, 9.17) is 4.74 Å². The molecular formula is C20H32IN3O. The number of hydrogen-bond acceptors (Lipinski definition) is 2. The first-order chi connectivity index (χ1) is 11.4. The van der Waals surface area contributed by atoms with Crippen LogP contribution < -0.4 is 10.6 Å². The van der Waals surface area contributed by atoms with Gasteiger partial charge in [-0.3, -0.25) is 4.99 Å². The Balaban J connectivity index is 0.00000225. The molecule has 2 N–H and O–H groups in total. The average molecular weight is 457 g/mol. The van der Waals surface area contributed by atoms with E-state index in [-0.39, 0.29) is 35.4 Å². The lowest BCUT2D eigenvalue weighted by Gasteiger charge is -2.60. The molecule has 0 radical (unpaired) electrons. The van der Waals surface area contributed by atoms with E-state index in [0.29, 0.717) is 18.1 Å².